The van der Waals surface area contributed by atoms with E-state index in [4.69, 9.17) is 0 Å². The molecule has 3 N–H and O–H groups in total. The Labute approximate surface area is 145 Å². The first-order chi connectivity index (χ1) is 11.5. The molecule has 5 nitrogen and oxygen atoms in total. The molecule has 0 spiro atoms. The Bertz CT molecular complexity index is 569. The molecule has 0 bridgehead atoms. The Morgan fingerprint density at radius 2 is 1.79 bits per heavy atom. The molecule has 1 saturated carbocycles. The highest BCUT2D eigenvalue weighted by Gasteiger charge is 2.21. The van der Waals surface area contributed by atoms with Crippen LogP contribution in [0.25, 0.3) is 0 Å². The number of amides is 1. The van der Waals surface area contributed by atoms with E-state index in [1.807, 2.05) is 13.8 Å². The molecule has 134 valence electrons. The van der Waals surface area contributed by atoms with Crippen LogP contribution in [0.15, 0.2) is 0 Å². The van der Waals surface area contributed by atoms with E-state index in [-0.39, 0.29) is 11.7 Å². The van der Waals surface area contributed by atoms with Crippen molar-refractivity contribution in [2.45, 2.75) is 71.8 Å². The van der Waals surface area contributed by atoms with Crippen LogP contribution in [-0.2, 0) is 6.42 Å². The van der Waals surface area contributed by atoms with Crippen LogP contribution in [0.3, 0.4) is 0 Å². The molecule has 1 fully saturated rings. The summed E-state index contributed by atoms with van der Waals surface area (Å²) in [4.78, 5) is 27.3. The van der Waals surface area contributed by atoms with Crippen LogP contribution >= 0.6 is 0 Å². The second kappa shape index (κ2) is 9.02. The SMILES string of the molecule is CCc1c(C(=O)NCCNC2CCCCCC2)[nH]c(C)c1C(C)=O. The third-order valence-electron chi connectivity index (χ3n) is 4.92. The first-order valence-corrected chi connectivity index (χ1v) is 9.28. The van der Waals surface area contributed by atoms with Crippen LogP contribution < -0.4 is 10.6 Å². The van der Waals surface area contributed by atoms with Crippen molar-refractivity contribution in [1.82, 2.24) is 15.6 Å². The smallest absolute Gasteiger partial charge is 0.268 e. The number of hydrogen-bond acceptors (Lipinski definition) is 3. The molecule has 2 rings (SSSR count). The third kappa shape index (κ3) is 4.69. The molecule has 0 saturated heterocycles. The van der Waals surface area contributed by atoms with Crippen molar-refractivity contribution in [1.29, 1.82) is 0 Å². The molecular weight excluding hydrogens is 302 g/mol. The summed E-state index contributed by atoms with van der Waals surface area (Å²) < 4.78 is 0. The molecule has 0 unspecified atom stereocenters. The van der Waals surface area contributed by atoms with Gasteiger partial charge in [-0.05, 0) is 38.7 Å². The third-order valence-corrected chi connectivity index (χ3v) is 4.92. The number of ketones is 1. The van der Waals surface area contributed by atoms with Crippen molar-refractivity contribution >= 4 is 11.7 Å². The summed E-state index contributed by atoms with van der Waals surface area (Å²) in [5.74, 6) is -0.111. The number of H-pyrrole nitrogens is 1. The number of Topliss-reactive ketones (excluding diaryl/α,β-unsaturated/α-hetero) is 1. The normalized spacial score (nSPS) is 16.0. The van der Waals surface area contributed by atoms with Crippen LogP contribution in [0.1, 0.15) is 84.5 Å². The van der Waals surface area contributed by atoms with Crippen LogP contribution in [0.2, 0.25) is 0 Å². The van der Waals surface area contributed by atoms with E-state index in [0.717, 1.165) is 17.8 Å². The zero-order valence-corrected chi connectivity index (χ0v) is 15.3. The van der Waals surface area contributed by atoms with Crippen LogP contribution in [0.4, 0.5) is 0 Å². The largest absolute Gasteiger partial charge is 0.354 e. The van der Waals surface area contributed by atoms with Crippen molar-refractivity contribution in [3.05, 3.63) is 22.5 Å². The van der Waals surface area contributed by atoms with Crippen molar-refractivity contribution in [2.75, 3.05) is 13.1 Å². The van der Waals surface area contributed by atoms with Gasteiger partial charge >= 0.3 is 0 Å². The minimum Gasteiger partial charge on any atom is -0.354 e. The molecule has 1 aliphatic carbocycles. The van der Waals surface area contributed by atoms with E-state index in [1.54, 1.807) is 6.92 Å². The summed E-state index contributed by atoms with van der Waals surface area (Å²) in [5.41, 5.74) is 2.81. The van der Waals surface area contributed by atoms with Gasteiger partial charge in [0.1, 0.15) is 5.69 Å². The highest BCUT2D eigenvalue weighted by atomic mass is 16.2. The molecule has 1 aromatic rings. The molecule has 5 heteroatoms. The number of rotatable bonds is 7. The van der Waals surface area contributed by atoms with Crippen molar-refractivity contribution in [2.24, 2.45) is 0 Å². The summed E-state index contributed by atoms with van der Waals surface area (Å²) in [6, 6.07) is 0.590. The van der Waals surface area contributed by atoms with Crippen molar-refractivity contribution in [3.8, 4) is 0 Å². The number of nitrogens with one attached hydrogen (secondary N) is 3. The van der Waals surface area contributed by atoms with E-state index >= 15 is 0 Å². The first-order valence-electron chi connectivity index (χ1n) is 9.28. The summed E-state index contributed by atoms with van der Waals surface area (Å²) >= 11 is 0. The lowest BCUT2D eigenvalue weighted by atomic mass is 10.0. The monoisotopic (exact) mass is 333 g/mol. The summed E-state index contributed by atoms with van der Waals surface area (Å²) in [5, 5.41) is 6.52. The lowest BCUT2D eigenvalue weighted by molar-refractivity contribution is 0.0948. The number of aryl methyl sites for hydroxylation is 1. The van der Waals surface area contributed by atoms with Crippen molar-refractivity contribution < 1.29 is 9.59 Å². The lowest BCUT2D eigenvalue weighted by Crippen LogP contribution is -2.37. The van der Waals surface area contributed by atoms with Gasteiger partial charge in [0.15, 0.2) is 5.78 Å². The lowest BCUT2D eigenvalue weighted by Gasteiger charge is -2.16. The maximum absolute atomic E-state index is 12.4. The quantitative estimate of drug-likeness (QED) is 0.408. The number of carbonyl (C=O) groups excluding carboxylic acids is 2. The molecule has 0 atom stereocenters. The molecule has 0 radical (unpaired) electrons. The number of aromatic amines is 1. The Hall–Kier alpha value is -1.62. The molecular formula is C19H31N3O2. The van der Waals surface area contributed by atoms with Gasteiger partial charge in [0, 0.05) is 30.4 Å². The van der Waals surface area contributed by atoms with Crippen LogP contribution in [0, 0.1) is 6.92 Å². The summed E-state index contributed by atoms with van der Waals surface area (Å²) in [6.07, 6.45) is 8.46. The van der Waals surface area contributed by atoms with Gasteiger partial charge in [-0.2, -0.15) is 0 Å². The maximum Gasteiger partial charge on any atom is 0.268 e. The predicted octanol–water partition coefficient (Wildman–Crippen LogP) is 3.13. The van der Waals surface area contributed by atoms with Gasteiger partial charge in [-0.1, -0.05) is 32.6 Å². The van der Waals surface area contributed by atoms with E-state index in [2.05, 4.69) is 15.6 Å². The van der Waals surface area contributed by atoms with Crippen molar-refractivity contribution in [3.63, 3.8) is 0 Å². The fraction of sp³-hybridized carbons (Fsp3) is 0.684. The molecule has 0 aliphatic heterocycles. The van der Waals surface area contributed by atoms with Gasteiger partial charge in [0.25, 0.3) is 5.91 Å². The topological polar surface area (TPSA) is 74.0 Å². The second-order valence-electron chi connectivity index (χ2n) is 6.79. The van der Waals surface area contributed by atoms with Gasteiger partial charge in [-0.25, -0.2) is 0 Å². The number of carbonyl (C=O) groups is 2. The average Bonchev–Trinajstić information content (AvgIpc) is 2.72. The van der Waals surface area contributed by atoms with E-state index in [9.17, 15) is 9.59 Å². The Morgan fingerprint density at radius 1 is 1.12 bits per heavy atom. The molecule has 1 amide bonds. The zero-order valence-electron chi connectivity index (χ0n) is 15.3. The highest BCUT2D eigenvalue weighted by molar-refractivity contribution is 6.02. The van der Waals surface area contributed by atoms with Crippen LogP contribution in [-0.4, -0.2) is 35.8 Å². The molecule has 1 heterocycles. The molecule has 24 heavy (non-hydrogen) atoms. The van der Waals surface area contributed by atoms with E-state index in [1.165, 1.54) is 38.5 Å². The minimum absolute atomic E-state index is 0.00896. The number of hydrogen-bond donors (Lipinski definition) is 3. The maximum atomic E-state index is 12.4. The highest BCUT2D eigenvalue weighted by Crippen LogP contribution is 2.20. The van der Waals surface area contributed by atoms with Gasteiger partial charge < -0.3 is 15.6 Å². The Kier molecular flexibility index (Phi) is 7.03. The van der Waals surface area contributed by atoms with E-state index < -0.39 is 0 Å². The van der Waals surface area contributed by atoms with E-state index in [0.29, 0.717) is 30.3 Å². The number of aromatic nitrogens is 1. The predicted molar refractivity (Wildman–Crippen MR) is 96.7 cm³/mol. The standard InChI is InChI=1S/C19H31N3O2/c1-4-16-17(14(3)23)13(2)22-18(16)19(24)21-12-11-20-15-9-7-5-6-8-10-15/h15,20,22H,4-12H2,1-3H3,(H,21,24). The second-order valence-corrected chi connectivity index (χ2v) is 6.79. The molecule has 1 aliphatic rings. The summed E-state index contributed by atoms with van der Waals surface area (Å²) in [6.45, 7) is 6.76. The first kappa shape index (κ1) is 18.7. The van der Waals surface area contributed by atoms with Gasteiger partial charge in [0.2, 0.25) is 0 Å². The Balaban J connectivity index is 1.86. The van der Waals surface area contributed by atoms with Gasteiger partial charge in [0.05, 0.1) is 0 Å². The fourth-order valence-electron chi connectivity index (χ4n) is 3.72. The Morgan fingerprint density at radius 3 is 2.38 bits per heavy atom. The van der Waals surface area contributed by atoms with Gasteiger partial charge in [-0.15, -0.1) is 0 Å². The fourth-order valence-corrected chi connectivity index (χ4v) is 3.72. The van der Waals surface area contributed by atoms with Crippen LogP contribution in [0.5, 0.6) is 0 Å². The summed E-state index contributed by atoms with van der Waals surface area (Å²) in [7, 11) is 0. The molecule has 1 aromatic heterocycles. The average molecular weight is 333 g/mol. The minimum atomic E-state index is -0.120. The van der Waals surface area contributed by atoms with Gasteiger partial charge in [-0.3, -0.25) is 9.59 Å². The molecule has 0 aromatic carbocycles. The zero-order chi connectivity index (χ0) is 17.5.